The van der Waals surface area contributed by atoms with Crippen molar-refractivity contribution < 1.29 is 0 Å². The van der Waals surface area contributed by atoms with Gasteiger partial charge in [0.25, 0.3) is 0 Å². The Bertz CT molecular complexity index is 713. The maximum atomic E-state index is 4.54. The molecule has 0 fully saturated rings. The van der Waals surface area contributed by atoms with E-state index in [2.05, 4.69) is 73.4 Å². The van der Waals surface area contributed by atoms with Gasteiger partial charge in [0, 0.05) is 11.8 Å². The number of pyridine rings is 1. The number of aromatic nitrogens is 1. The van der Waals surface area contributed by atoms with E-state index in [4.69, 9.17) is 0 Å². The van der Waals surface area contributed by atoms with Gasteiger partial charge in [0.2, 0.25) is 0 Å². The predicted molar refractivity (Wildman–Crippen MR) is 84.6 cm³/mol. The summed E-state index contributed by atoms with van der Waals surface area (Å²) in [5.74, 6) is 0. The number of benzene rings is 2. The zero-order valence-corrected chi connectivity index (χ0v) is 11.8. The summed E-state index contributed by atoms with van der Waals surface area (Å²) in [6.45, 7) is 4.23. The first-order valence-electron chi connectivity index (χ1n) is 6.84. The van der Waals surface area contributed by atoms with Crippen molar-refractivity contribution in [3.8, 4) is 22.4 Å². The lowest BCUT2D eigenvalue weighted by atomic mass is 9.95. The summed E-state index contributed by atoms with van der Waals surface area (Å²) in [6.07, 6.45) is 1.92. The van der Waals surface area contributed by atoms with Crippen molar-refractivity contribution in [2.24, 2.45) is 0 Å². The van der Waals surface area contributed by atoms with Gasteiger partial charge in [-0.25, -0.2) is 0 Å². The van der Waals surface area contributed by atoms with Gasteiger partial charge in [0.05, 0.1) is 5.69 Å². The molecule has 3 rings (SSSR count). The van der Waals surface area contributed by atoms with Crippen molar-refractivity contribution in [3.63, 3.8) is 0 Å². The molecule has 0 bridgehead atoms. The summed E-state index contributed by atoms with van der Waals surface area (Å²) in [6, 6.07) is 21.1. The highest BCUT2D eigenvalue weighted by molar-refractivity contribution is 5.76. The van der Waals surface area contributed by atoms with Crippen LogP contribution in [0.15, 0.2) is 66.9 Å². The molecule has 0 saturated heterocycles. The zero-order valence-electron chi connectivity index (χ0n) is 11.8. The van der Waals surface area contributed by atoms with E-state index in [-0.39, 0.29) is 0 Å². The van der Waals surface area contributed by atoms with Crippen LogP contribution in [0.1, 0.15) is 11.1 Å². The van der Waals surface area contributed by atoms with Gasteiger partial charge in [-0.2, -0.15) is 0 Å². The fourth-order valence-electron chi connectivity index (χ4n) is 2.47. The Morgan fingerprint density at radius 2 is 1.45 bits per heavy atom. The molecule has 0 amide bonds. The van der Waals surface area contributed by atoms with Gasteiger partial charge < -0.3 is 0 Å². The molecule has 0 spiro atoms. The molecule has 0 aliphatic carbocycles. The molecule has 0 atom stereocenters. The van der Waals surface area contributed by atoms with E-state index < -0.39 is 0 Å². The van der Waals surface area contributed by atoms with Gasteiger partial charge in [-0.05, 0) is 42.2 Å². The maximum absolute atomic E-state index is 4.54. The van der Waals surface area contributed by atoms with Gasteiger partial charge in [0.15, 0.2) is 0 Å². The second-order valence-electron chi connectivity index (χ2n) is 5.06. The standard InChI is InChI=1S/C19H17N/c1-14-11-12-19(20-13-14)18-10-6-9-17(15(18)2)16-7-4-3-5-8-16/h3-13H,1-2H3. The number of rotatable bonds is 2. The van der Waals surface area contributed by atoms with E-state index in [0.29, 0.717) is 0 Å². The van der Waals surface area contributed by atoms with Gasteiger partial charge in [-0.1, -0.05) is 54.6 Å². The van der Waals surface area contributed by atoms with Crippen LogP contribution in [0.4, 0.5) is 0 Å². The topological polar surface area (TPSA) is 12.9 Å². The van der Waals surface area contributed by atoms with E-state index in [0.717, 1.165) is 5.69 Å². The molecule has 1 aromatic heterocycles. The molecule has 0 radical (unpaired) electrons. The molecule has 1 heterocycles. The third-order valence-electron chi connectivity index (χ3n) is 3.61. The van der Waals surface area contributed by atoms with Crippen LogP contribution in [0.25, 0.3) is 22.4 Å². The normalized spacial score (nSPS) is 10.5. The van der Waals surface area contributed by atoms with Crippen LogP contribution in [0.5, 0.6) is 0 Å². The largest absolute Gasteiger partial charge is 0.256 e. The fraction of sp³-hybridized carbons (Fsp3) is 0.105. The molecule has 0 N–H and O–H groups in total. The van der Waals surface area contributed by atoms with Gasteiger partial charge in [-0.3, -0.25) is 4.98 Å². The Hall–Kier alpha value is -2.41. The molecule has 20 heavy (non-hydrogen) atoms. The lowest BCUT2D eigenvalue weighted by Crippen LogP contribution is -1.90. The number of hydrogen-bond acceptors (Lipinski definition) is 1. The minimum Gasteiger partial charge on any atom is -0.256 e. The summed E-state index contributed by atoms with van der Waals surface area (Å²) in [7, 11) is 0. The van der Waals surface area contributed by atoms with Crippen LogP contribution in [0.3, 0.4) is 0 Å². The average Bonchev–Trinajstić information content (AvgIpc) is 2.49. The minimum absolute atomic E-state index is 1.03. The highest BCUT2D eigenvalue weighted by Gasteiger charge is 2.08. The lowest BCUT2D eigenvalue weighted by Gasteiger charge is -2.11. The number of aryl methyl sites for hydroxylation is 1. The first kappa shape index (κ1) is 12.6. The first-order valence-corrected chi connectivity index (χ1v) is 6.84. The van der Waals surface area contributed by atoms with Gasteiger partial charge >= 0.3 is 0 Å². The van der Waals surface area contributed by atoms with E-state index in [1.54, 1.807) is 0 Å². The van der Waals surface area contributed by atoms with Crippen molar-refractivity contribution in [2.45, 2.75) is 13.8 Å². The van der Waals surface area contributed by atoms with Crippen LogP contribution < -0.4 is 0 Å². The predicted octanol–water partition coefficient (Wildman–Crippen LogP) is 5.03. The molecule has 3 aromatic rings. The molecule has 98 valence electrons. The van der Waals surface area contributed by atoms with Gasteiger partial charge in [-0.15, -0.1) is 0 Å². The zero-order chi connectivity index (χ0) is 13.9. The molecule has 0 aliphatic rings. The summed E-state index contributed by atoms with van der Waals surface area (Å²) < 4.78 is 0. The van der Waals surface area contributed by atoms with Gasteiger partial charge in [0.1, 0.15) is 0 Å². The third kappa shape index (κ3) is 2.35. The molecule has 0 saturated carbocycles. The quantitative estimate of drug-likeness (QED) is 0.628. The smallest absolute Gasteiger partial charge is 0.0705 e. The second-order valence-corrected chi connectivity index (χ2v) is 5.06. The van der Waals surface area contributed by atoms with E-state index >= 15 is 0 Å². The lowest BCUT2D eigenvalue weighted by molar-refractivity contribution is 1.26. The average molecular weight is 259 g/mol. The minimum atomic E-state index is 1.03. The van der Waals surface area contributed by atoms with Crippen molar-refractivity contribution in [3.05, 3.63) is 78.0 Å². The van der Waals surface area contributed by atoms with Crippen LogP contribution in [0, 0.1) is 13.8 Å². The second kappa shape index (κ2) is 5.30. The van der Waals surface area contributed by atoms with Crippen LogP contribution >= 0.6 is 0 Å². The fourth-order valence-corrected chi connectivity index (χ4v) is 2.47. The Kier molecular flexibility index (Phi) is 3.34. The Morgan fingerprint density at radius 1 is 0.700 bits per heavy atom. The number of nitrogens with zero attached hydrogens (tertiary/aromatic N) is 1. The Morgan fingerprint density at radius 3 is 2.15 bits per heavy atom. The Balaban J connectivity index is 2.13. The Labute approximate surface area is 119 Å². The third-order valence-corrected chi connectivity index (χ3v) is 3.61. The number of hydrogen-bond donors (Lipinski definition) is 0. The summed E-state index contributed by atoms with van der Waals surface area (Å²) in [5, 5.41) is 0. The molecule has 1 heteroatoms. The molecule has 2 aromatic carbocycles. The van der Waals surface area contributed by atoms with Crippen LogP contribution in [-0.4, -0.2) is 4.98 Å². The van der Waals surface area contributed by atoms with E-state index in [9.17, 15) is 0 Å². The molecular weight excluding hydrogens is 242 g/mol. The van der Waals surface area contributed by atoms with Crippen molar-refractivity contribution in [2.75, 3.05) is 0 Å². The van der Waals surface area contributed by atoms with Crippen LogP contribution in [-0.2, 0) is 0 Å². The highest BCUT2D eigenvalue weighted by atomic mass is 14.7. The van der Waals surface area contributed by atoms with E-state index in [1.165, 1.54) is 27.8 Å². The first-order chi connectivity index (χ1) is 9.75. The van der Waals surface area contributed by atoms with Crippen molar-refractivity contribution >= 4 is 0 Å². The van der Waals surface area contributed by atoms with E-state index in [1.807, 2.05) is 12.3 Å². The van der Waals surface area contributed by atoms with Crippen LogP contribution in [0.2, 0.25) is 0 Å². The molecule has 1 nitrogen and oxygen atoms in total. The summed E-state index contributed by atoms with van der Waals surface area (Å²) >= 11 is 0. The SMILES string of the molecule is Cc1ccc(-c2cccc(-c3ccccc3)c2C)nc1. The molecule has 0 unspecified atom stereocenters. The maximum Gasteiger partial charge on any atom is 0.0705 e. The summed E-state index contributed by atoms with van der Waals surface area (Å²) in [5.41, 5.74) is 7.21. The molecule has 0 aliphatic heterocycles. The van der Waals surface area contributed by atoms with Crippen molar-refractivity contribution in [1.29, 1.82) is 0 Å². The monoisotopic (exact) mass is 259 g/mol. The molecular formula is C19H17N. The highest BCUT2D eigenvalue weighted by Crippen LogP contribution is 2.30. The van der Waals surface area contributed by atoms with Crippen molar-refractivity contribution in [1.82, 2.24) is 4.98 Å². The summed E-state index contributed by atoms with van der Waals surface area (Å²) in [4.78, 5) is 4.54.